The summed E-state index contributed by atoms with van der Waals surface area (Å²) in [5, 5.41) is 9.33. The summed E-state index contributed by atoms with van der Waals surface area (Å²) in [6.45, 7) is 2.56. The van der Waals surface area contributed by atoms with E-state index in [1.807, 2.05) is 7.05 Å². The molecule has 2 aliphatic heterocycles. The molecule has 5 nitrogen and oxygen atoms in total. The molecule has 3 atom stereocenters. The quantitative estimate of drug-likeness (QED) is 0.489. The van der Waals surface area contributed by atoms with Crippen LogP contribution in [0.3, 0.4) is 0 Å². The molecule has 1 amide bonds. The second kappa shape index (κ2) is 3.84. The zero-order valence-electron chi connectivity index (χ0n) is 8.71. The first-order chi connectivity index (χ1) is 6.74. The second-order valence-electron chi connectivity index (χ2n) is 4.15. The maximum absolute atomic E-state index is 11.6. The van der Waals surface area contributed by atoms with E-state index in [4.69, 9.17) is 0 Å². The maximum Gasteiger partial charge on any atom is 0.239 e. The monoisotopic (exact) mass is 198 g/mol. The van der Waals surface area contributed by atoms with E-state index in [9.17, 15) is 4.79 Å². The van der Waals surface area contributed by atoms with Crippen molar-refractivity contribution >= 4 is 5.91 Å². The summed E-state index contributed by atoms with van der Waals surface area (Å²) in [5.41, 5.74) is 0. The Labute approximate surface area is 84.2 Å². The van der Waals surface area contributed by atoms with Crippen molar-refractivity contribution < 1.29 is 4.79 Å². The summed E-state index contributed by atoms with van der Waals surface area (Å²) in [6.07, 6.45) is 0. The first-order valence-corrected chi connectivity index (χ1v) is 5.10. The number of nitrogens with zero attached hydrogens (tertiary/aromatic N) is 1. The molecule has 0 spiro atoms. The van der Waals surface area contributed by atoms with Crippen LogP contribution >= 0.6 is 0 Å². The van der Waals surface area contributed by atoms with Gasteiger partial charge in [-0.2, -0.15) is 0 Å². The van der Waals surface area contributed by atoms with Gasteiger partial charge in [-0.1, -0.05) is 0 Å². The molecule has 2 saturated heterocycles. The van der Waals surface area contributed by atoms with Gasteiger partial charge in [0.25, 0.3) is 0 Å². The Morgan fingerprint density at radius 1 is 1.64 bits per heavy atom. The van der Waals surface area contributed by atoms with E-state index >= 15 is 0 Å². The van der Waals surface area contributed by atoms with Gasteiger partial charge in [-0.25, -0.2) is 0 Å². The lowest BCUT2D eigenvalue weighted by molar-refractivity contribution is -0.128. The number of carbonyl (C=O) groups excluding carboxylic acids is 1. The minimum atomic E-state index is -0.0212. The van der Waals surface area contributed by atoms with Gasteiger partial charge in [0.15, 0.2) is 0 Å². The fraction of sp³-hybridized carbons (Fsp3) is 0.889. The zero-order chi connectivity index (χ0) is 10.1. The van der Waals surface area contributed by atoms with Crippen molar-refractivity contribution in [3.8, 4) is 0 Å². The van der Waals surface area contributed by atoms with Gasteiger partial charge in [-0.05, 0) is 14.1 Å². The third kappa shape index (κ3) is 1.51. The normalized spacial score (nSPS) is 38.1. The lowest BCUT2D eigenvalue weighted by atomic mass is 9.95. The Morgan fingerprint density at radius 3 is 3.14 bits per heavy atom. The Balaban J connectivity index is 2.09. The van der Waals surface area contributed by atoms with Crippen LogP contribution in [0.5, 0.6) is 0 Å². The SMILES string of the molecule is CNCC1CNC2C(=O)NCN(C)C12. The first-order valence-electron chi connectivity index (χ1n) is 5.10. The van der Waals surface area contributed by atoms with Crippen molar-refractivity contribution in [3.63, 3.8) is 0 Å². The molecule has 2 rings (SSSR count). The highest BCUT2D eigenvalue weighted by Gasteiger charge is 2.44. The van der Waals surface area contributed by atoms with Crippen LogP contribution in [-0.4, -0.2) is 56.7 Å². The molecule has 3 unspecified atom stereocenters. The van der Waals surface area contributed by atoms with Gasteiger partial charge < -0.3 is 16.0 Å². The van der Waals surface area contributed by atoms with Crippen LogP contribution in [-0.2, 0) is 4.79 Å². The summed E-state index contributed by atoms with van der Waals surface area (Å²) in [5.74, 6) is 0.674. The summed E-state index contributed by atoms with van der Waals surface area (Å²) in [6, 6.07) is 0.322. The molecule has 0 aliphatic carbocycles. The Morgan fingerprint density at radius 2 is 2.43 bits per heavy atom. The number of nitrogens with one attached hydrogen (secondary N) is 3. The first kappa shape index (κ1) is 9.89. The molecule has 0 aromatic heterocycles. The van der Waals surface area contributed by atoms with Crippen LogP contribution in [0.25, 0.3) is 0 Å². The van der Waals surface area contributed by atoms with Crippen molar-refractivity contribution in [3.05, 3.63) is 0 Å². The van der Waals surface area contributed by atoms with E-state index in [0.29, 0.717) is 18.6 Å². The molecular weight excluding hydrogens is 180 g/mol. The molecule has 2 heterocycles. The lowest BCUT2D eigenvalue weighted by Crippen LogP contribution is -2.61. The fourth-order valence-electron chi connectivity index (χ4n) is 2.53. The van der Waals surface area contributed by atoms with Crippen molar-refractivity contribution in [2.75, 3.05) is 33.9 Å². The summed E-state index contributed by atoms with van der Waals surface area (Å²) in [7, 11) is 4.02. The van der Waals surface area contributed by atoms with Crippen molar-refractivity contribution in [1.82, 2.24) is 20.9 Å². The predicted octanol–water partition coefficient (Wildman–Crippen LogP) is -1.82. The van der Waals surface area contributed by atoms with Crippen LogP contribution in [0.1, 0.15) is 0 Å². The van der Waals surface area contributed by atoms with Gasteiger partial charge in [0.2, 0.25) is 5.91 Å². The third-order valence-electron chi connectivity index (χ3n) is 3.18. The van der Waals surface area contributed by atoms with E-state index < -0.39 is 0 Å². The standard InChI is InChI=1S/C9H18N4O/c1-10-3-6-4-11-7-8(6)13(2)5-12-9(7)14/h6-8,10-11H,3-5H2,1-2H3,(H,12,14). The molecule has 14 heavy (non-hydrogen) atoms. The van der Waals surface area contributed by atoms with E-state index in [0.717, 1.165) is 13.1 Å². The average molecular weight is 198 g/mol. The molecule has 2 fully saturated rings. The number of likely N-dealkylation sites (N-methyl/N-ethyl adjacent to an activating group) is 1. The van der Waals surface area contributed by atoms with Crippen molar-refractivity contribution in [2.24, 2.45) is 5.92 Å². The molecule has 0 aromatic carbocycles. The van der Waals surface area contributed by atoms with Crippen LogP contribution < -0.4 is 16.0 Å². The molecule has 0 aromatic rings. The largest absolute Gasteiger partial charge is 0.342 e. The topological polar surface area (TPSA) is 56.4 Å². The Bertz CT molecular complexity index is 233. The highest BCUT2D eigenvalue weighted by Crippen LogP contribution is 2.21. The molecule has 2 aliphatic rings. The highest BCUT2D eigenvalue weighted by atomic mass is 16.2. The lowest BCUT2D eigenvalue weighted by Gasteiger charge is -2.36. The predicted molar refractivity (Wildman–Crippen MR) is 53.8 cm³/mol. The number of fused-ring (bicyclic) bond motifs is 1. The van der Waals surface area contributed by atoms with Gasteiger partial charge in [0, 0.05) is 25.0 Å². The molecule has 0 radical (unpaired) electrons. The summed E-state index contributed by atoms with van der Waals surface area (Å²) in [4.78, 5) is 13.8. The molecule has 0 bridgehead atoms. The number of hydrogen-bond donors (Lipinski definition) is 3. The average Bonchev–Trinajstić information content (AvgIpc) is 2.58. The van der Waals surface area contributed by atoms with Gasteiger partial charge >= 0.3 is 0 Å². The fourth-order valence-corrected chi connectivity index (χ4v) is 2.53. The Hall–Kier alpha value is -0.650. The van der Waals surface area contributed by atoms with E-state index in [1.165, 1.54) is 0 Å². The smallest absolute Gasteiger partial charge is 0.239 e. The molecule has 5 heteroatoms. The number of hydrogen-bond acceptors (Lipinski definition) is 4. The second-order valence-corrected chi connectivity index (χ2v) is 4.15. The van der Waals surface area contributed by atoms with Crippen LogP contribution in [0.2, 0.25) is 0 Å². The highest BCUT2D eigenvalue weighted by molar-refractivity contribution is 5.83. The zero-order valence-corrected chi connectivity index (χ0v) is 8.71. The van der Waals surface area contributed by atoms with Gasteiger partial charge in [0.1, 0.15) is 6.04 Å². The summed E-state index contributed by atoms with van der Waals surface area (Å²) >= 11 is 0. The maximum atomic E-state index is 11.6. The number of amides is 1. The van der Waals surface area contributed by atoms with Crippen LogP contribution in [0, 0.1) is 5.92 Å². The van der Waals surface area contributed by atoms with Crippen LogP contribution in [0.15, 0.2) is 0 Å². The van der Waals surface area contributed by atoms with Gasteiger partial charge in [0.05, 0.1) is 6.67 Å². The van der Waals surface area contributed by atoms with Gasteiger partial charge in [-0.3, -0.25) is 9.69 Å². The number of rotatable bonds is 2. The van der Waals surface area contributed by atoms with Crippen LogP contribution in [0.4, 0.5) is 0 Å². The van der Waals surface area contributed by atoms with E-state index in [2.05, 4.69) is 27.9 Å². The van der Waals surface area contributed by atoms with Crippen molar-refractivity contribution in [1.29, 1.82) is 0 Å². The minimum Gasteiger partial charge on any atom is -0.342 e. The third-order valence-corrected chi connectivity index (χ3v) is 3.18. The number of carbonyl (C=O) groups is 1. The molecule has 3 N–H and O–H groups in total. The molecule has 80 valence electrons. The van der Waals surface area contributed by atoms with E-state index in [1.54, 1.807) is 0 Å². The summed E-state index contributed by atoms with van der Waals surface area (Å²) < 4.78 is 0. The van der Waals surface area contributed by atoms with Gasteiger partial charge in [-0.15, -0.1) is 0 Å². The van der Waals surface area contributed by atoms with E-state index in [-0.39, 0.29) is 11.9 Å². The van der Waals surface area contributed by atoms with Crippen molar-refractivity contribution in [2.45, 2.75) is 12.1 Å². The minimum absolute atomic E-state index is 0.0212. The Kier molecular flexibility index (Phi) is 2.71. The molecular formula is C9H18N4O. The molecule has 0 saturated carbocycles.